The van der Waals surface area contributed by atoms with E-state index in [-0.39, 0.29) is 37.7 Å². The molecule has 0 bridgehead atoms. The number of likely N-dealkylation sites (tertiary alicyclic amines) is 1. The van der Waals surface area contributed by atoms with Crippen molar-refractivity contribution < 1.29 is 49.9 Å². The van der Waals surface area contributed by atoms with Crippen molar-refractivity contribution in [1.82, 2.24) is 14.7 Å². The number of hydrogen-bond acceptors (Lipinski definition) is 5. The Morgan fingerprint density at radius 3 is 2.14 bits per heavy atom. The molecule has 14 heteroatoms. The maximum Gasteiger partial charge on any atom is 0.417 e. The minimum atomic E-state index is -5.03. The quantitative estimate of drug-likeness (QED) is 0.351. The van der Waals surface area contributed by atoms with Gasteiger partial charge in [0.15, 0.2) is 5.60 Å². The van der Waals surface area contributed by atoms with Gasteiger partial charge in [-0.2, -0.15) is 26.3 Å². The number of nitrogens with zero attached hydrogens (tertiary/aromatic N) is 3. The van der Waals surface area contributed by atoms with Crippen molar-refractivity contribution in [3.05, 3.63) is 70.0 Å². The molecule has 2 aromatic carbocycles. The topological polar surface area (TPSA) is 70.2 Å². The summed E-state index contributed by atoms with van der Waals surface area (Å²) < 4.78 is 99.4. The standard InChI is InChI=1S/C30H32F7N3O4/c1-17-11-21(31)5-6-22(17)24-16-39(9-10-40-26(42)28(2,3)44-27(40)43)8-7-23(24)25(41)38(4)15-18-12-19(29(32,33)34)14-20(13-18)30(35,36)37/h5-6,11-14,23-24H,7-10,15-16H2,1-4H3. The van der Waals surface area contributed by atoms with Crippen LogP contribution in [0.5, 0.6) is 0 Å². The van der Waals surface area contributed by atoms with Gasteiger partial charge in [-0.05, 0) is 80.8 Å². The predicted molar refractivity (Wildman–Crippen MR) is 144 cm³/mol. The van der Waals surface area contributed by atoms with E-state index in [1.165, 1.54) is 33.0 Å². The lowest BCUT2D eigenvalue weighted by Crippen LogP contribution is -2.48. The van der Waals surface area contributed by atoms with E-state index in [9.17, 15) is 45.1 Å². The van der Waals surface area contributed by atoms with Gasteiger partial charge in [0, 0.05) is 45.1 Å². The van der Waals surface area contributed by atoms with Gasteiger partial charge >= 0.3 is 18.4 Å². The lowest BCUT2D eigenvalue weighted by molar-refractivity contribution is -0.143. The van der Waals surface area contributed by atoms with Crippen LogP contribution in [0.15, 0.2) is 36.4 Å². The van der Waals surface area contributed by atoms with E-state index in [1.54, 1.807) is 13.0 Å². The van der Waals surface area contributed by atoms with Crippen LogP contribution in [0, 0.1) is 18.7 Å². The van der Waals surface area contributed by atoms with Gasteiger partial charge < -0.3 is 14.5 Å². The van der Waals surface area contributed by atoms with Gasteiger partial charge in [-0.25, -0.2) is 14.1 Å². The number of halogens is 7. The number of ether oxygens (including phenoxy) is 1. The van der Waals surface area contributed by atoms with Gasteiger partial charge in [-0.1, -0.05) is 6.07 Å². The first-order valence-corrected chi connectivity index (χ1v) is 13.8. The van der Waals surface area contributed by atoms with Crippen molar-refractivity contribution >= 4 is 17.9 Å². The fourth-order valence-electron chi connectivity index (χ4n) is 5.79. The summed E-state index contributed by atoms with van der Waals surface area (Å²) in [5, 5.41) is 0. The third-order valence-corrected chi connectivity index (χ3v) is 8.05. The molecule has 2 heterocycles. The van der Waals surface area contributed by atoms with Crippen molar-refractivity contribution in [2.45, 2.75) is 57.6 Å². The van der Waals surface area contributed by atoms with Crippen LogP contribution in [0.4, 0.5) is 35.5 Å². The molecule has 0 radical (unpaired) electrons. The maximum atomic E-state index is 14.0. The summed E-state index contributed by atoms with van der Waals surface area (Å²) >= 11 is 0. The van der Waals surface area contributed by atoms with Gasteiger partial charge in [0.2, 0.25) is 5.91 Å². The third kappa shape index (κ3) is 7.16. The van der Waals surface area contributed by atoms with Crippen molar-refractivity contribution in [3.63, 3.8) is 0 Å². The number of rotatable bonds is 7. The van der Waals surface area contributed by atoms with Crippen LogP contribution in [0.2, 0.25) is 0 Å². The molecular formula is C30H32F7N3O4. The number of piperidine rings is 1. The number of cyclic esters (lactones) is 1. The fraction of sp³-hybridized carbons (Fsp3) is 0.500. The van der Waals surface area contributed by atoms with Crippen LogP contribution in [0.25, 0.3) is 0 Å². The van der Waals surface area contributed by atoms with E-state index in [2.05, 4.69) is 0 Å². The van der Waals surface area contributed by atoms with Crippen molar-refractivity contribution in [2.75, 3.05) is 33.2 Å². The van der Waals surface area contributed by atoms with Crippen LogP contribution in [0.1, 0.15) is 54.0 Å². The fourth-order valence-corrected chi connectivity index (χ4v) is 5.79. The lowest BCUT2D eigenvalue weighted by Gasteiger charge is -2.40. The Morgan fingerprint density at radius 1 is 1.00 bits per heavy atom. The van der Waals surface area contributed by atoms with E-state index in [0.29, 0.717) is 29.8 Å². The molecule has 2 aromatic rings. The number of amides is 3. The second-order valence-electron chi connectivity index (χ2n) is 11.7. The van der Waals surface area contributed by atoms with E-state index in [1.807, 2.05) is 4.90 Å². The Bertz CT molecular complexity index is 1410. The van der Waals surface area contributed by atoms with Crippen molar-refractivity contribution in [3.8, 4) is 0 Å². The van der Waals surface area contributed by atoms with Gasteiger partial charge in [0.1, 0.15) is 5.82 Å². The molecule has 2 aliphatic rings. The van der Waals surface area contributed by atoms with Crippen LogP contribution >= 0.6 is 0 Å². The van der Waals surface area contributed by atoms with Gasteiger partial charge in [-0.15, -0.1) is 0 Å². The zero-order valence-corrected chi connectivity index (χ0v) is 24.5. The lowest BCUT2D eigenvalue weighted by atomic mass is 9.78. The Kier molecular flexibility index (Phi) is 9.07. The Hall–Kier alpha value is -3.68. The van der Waals surface area contributed by atoms with E-state index >= 15 is 0 Å². The number of hydrogen-bond donors (Lipinski definition) is 0. The molecule has 0 saturated carbocycles. The molecule has 2 saturated heterocycles. The first kappa shape index (κ1) is 33.2. The highest BCUT2D eigenvalue weighted by Gasteiger charge is 2.47. The summed E-state index contributed by atoms with van der Waals surface area (Å²) in [7, 11) is 1.31. The van der Waals surface area contributed by atoms with Gasteiger partial charge in [0.25, 0.3) is 5.91 Å². The summed E-state index contributed by atoms with van der Waals surface area (Å²) in [6, 6.07) is 5.32. The highest BCUT2D eigenvalue weighted by atomic mass is 19.4. The van der Waals surface area contributed by atoms with E-state index in [4.69, 9.17) is 4.74 Å². The number of alkyl halides is 6. The summed E-state index contributed by atoms with van der Waals surface area (Å²) in [6.45, 7) is 5.04. The van der Waals surface area contributed by atoms with Crippen LogP contribution in [0.3, 0.4) is 0 Å². The molecule has 2 unspecified atom stereocenters. The molecule has 2 fully saturated rings. The average Bonchev–Trinajstić information content (AvgIpc) is 3.11. The molecule has 0 N–H and O–H groups in total. The first-order valence-electron chi connectivity index (χ1n) is 13.8. The highest BCUT2D eigenvalue weighted by molar-refractivity contribution is 6.02. The van der Waals surface area contributed by atoms with Crippen LogP contribution in [-0.2, 0) is 33.2 Å². The first-order chi connectivity index (χ1) is 20.3. The number of benzene rings is 2. The zero-order chi connectivity index (χ0) is 32.8. The molecule has 4 rings (SSSR count). The van der Waals surface area contributed by atoms with Gasteiger partial charge in [-0.3, -0.25) is 9.59 Å². The molecule has 240 valence electrons. The Labute approximate surface area is 249 Å². The van der Waals surface area contributed by atoms with Crippen LogP contribution in [-0.4, -0.2) is 71.4 Å². The molecule has 7 nitrogen and oxygen atoms in total. The monoisotopic (exact) mass is 631 g/mol. The normalized spacial score (nSPS) is 21.0. The number of aryl methyl sites for hydroxylation is 1. The molecule has 0 spiro atoms. The SMILES string of the molecule is Cc1cc(F)ccc1C1CN(CCN2C(=O)OC(C)(C)C2=O)CCC1C(=O)N(C)Cc1cc(C(F)(F)F)cc(C(F)(F)F)c1. The minimum absolute atomic E-state index is 0.0325. The van der Waals surface area contributed by atoms with Crippen molar-refractivity contribution in [1.29, 1.82) is 0 Å². The molecular weight excluding hydrogens is 599 g/mol. The summed E-state index contributed by atoms with van der Waals surface area (Å²) in [4.78, 5) is 42.5. The second-order valence-corrected chi connectivity index (χ2v) is 11.7. The molecule has 3 amide bonds. The second kappa shape index (κ2) is 12.0. The summed E-state index contributed by atoms with van der Waals surface area (Å²) in [5.74, 6) is -2.72. The summed E-state index contributed by atoms with van der Waals surface area (Å²) in [5.41, 5.74) is -3.35. The molecule has 2 aliphatic heterocycles. The largest absolute Gasteiger partial charge is 0.433 e. The predicted octanol–water partition coefficient (Wildman–Crippen LogP) is 5.99. The van der Waals surface area contributed by atoms with E-state index < -0.39 is 71.2 Å². The Balaban J connectivity index is 1.56. The van der Waals surface area contributed by atoms with E-state index in [0.717, 1.165) is 9.80 Å². The molecule has 44 heavy (non-hydrogen) atoms. The van der Waals surface area contributed by atoms with Crippen LogP contribution < -0.4 is 0 Å². The molecule has 2 atom stereocenters. The third-order valence-electron chi connectivity index (χ3n) is 8.05. The van der Waals surface area contributed by atoms with Crippen molar-refractivity contribution in [2.24, 2.45) is 5.92 Å². The summed E-state index contributed by atoms with van der Waals surface area (Å²) in [6.07, 6.45) is -10.6. The highest BCUT2D eigenvalue weighted by Crippen LogP contribution is 2.38. The number of carbonyl (C=O) groups is 3. The molecule has 0 aliphatic carbocycles. The van der Waals surface area contributed by atoms with Gasteiger partial charge in [0.05, 0.1) is 11.1 Å². The minimum Gasteiger partial charge on any atom is -0.433 e. The smallest absolute Gasteiger partial charge is 0.417 e. The molecule has 0 aromatic heterocycles. The number of imide groups is 1. The average molecular weight is 632 g/mol. The Morgan fingerprint density at radius 2 is 1.61 bits per heavy atom. The number of carbonyl (C=O) groups excluding carboxylic acids is 3. The maximum absolute atomic E-state index is 14.0. The zero-order valence-electron chi connectivity index (χ0n) is 24.5.